The summed E-state index contributed by atoms with van der Waals surface area (Å²) in [7, 11) is 1.47. The van der Waals surface area contributed by atoms with Crippen LogP contribution in [0.15, 0.2) is 53.3 Å². The number of halogens is 1. The lowest BCUT2D eigenvalue weighted by atomic mass is 9.94. The number of nitrogens with zero attached hydrogens (tertiary/aromatic N) is 2. The number of carbonyl (C=O) groups is 1. The SMILES string of the molecule is COc1ccc(Cl)cc1C(=O)Nc1cc(=O)n(CCN)nc1-c1ccccc1C(C)C. The van der Waals surface area contributed by atoms with Gasteiger partial charge in [-0.3, -0.25) is 9.59 Å². The molecule has 3 rings (SSSR count). The monoisotopic (exact) mass is 440 g/mol. The first-order valence-corrected chi connectivity index (χ1v) is 10.3. The quantitative estimate of drug-likeness (QED) is 0.580. The van der Waals surface area contributed by atoms with Crippen LogP contribution in [-0.4, -0.2) is 29.3 Å². The molecule has 0 aliphatic rings. The fraction of sp³-hybridized carbons (Fsp3) is 0.261. The number of benzene rings is 2. The van der Waals surface area contributed by atoms with E-state index >= 15 is 0 Å². The van der Waals surface area contributed by atoms with Crippen LogP contribution < -0.4 is 21.3 Å². The van der Waals surface area contributed by atoms with E-state index in [1.165, 1.54) is 23.9 Å². The van der Waals surface area contributed by atoms with Gasteiger partial charge >= 0.3 is 0 Å². The lowest BCUT2D eigenvalue weighted by Crippen LogP contribution is -2.28. The van der Waals surface area contributed by atoms with Crippen molar-refractivity contribution in [2.75, 3.05) is 19.0 Å². The molecule has 0 bridgehead atoms. The van der Waals surface area contributed by atoms with E-state index in [1.807, 2.05) is 24.3 Å². The molecule has 3 N–H and O–H groups in total. The fourth-order valence-corrected chi connectivity index (χ4v) is 3.50. The molecule has 8 heteroatoms. The summed E-state index contributed by atoms with van der Waals surface area (Å²) in [6.07, 6.45) is 0. The van der Waals surface area contributed by atoms with Crippen LogP contribution in [0.1, 0.15) is 35.7 Å². The van der Waals surface area contributed by atoms with E-state index in [0.29, 0.717) is 22.2 Å². The van der Waals surface area contributed by atoms with Crippen LogP contribution >= 0.6 is 11.6 Å². The van der Waals surface area contributed by atoms with Crippen molar-refractivity contribution < 1.29 is 9.53 Å². The Kier molecular flexibility index (Phi) is 7.09. The van der Waals surface area contributed by atoms with Gasteiger partial charge in [0.05, 0.1) is 24.9 Å². The van der Waals surface area contributed by atoms with Gasteiger partial charge in [0.2, 0.25) is 0 Å². The van der Waals surface area contributed by atoms with Crippen LogP contribution in [0.25, 0.3) is 11.3 Å². The van der Waals surface area contributed by atoms with Gasteiger partial charge in [0, 0.05) is 23.2 Å². The Morgan fingerprint density at radius 2 is 1.97 bits per heavy atom. The first-order chi connectivity index (χ1) is 14.8. The normalized spacial score (nSPS) is 10.9. The van der Waals surface area contributed by atoms with Crippen molar-refractivity contribution in [3.05, 3.63) is 75.0 Å². The zero-order valence-corrected chi connectivity index (χ0v) is 18.4. The van der Waals surface area contributed by atoms with Crippen molar-refractivity contribution in [2.24, 2.45) is 5.73 Å². The molecule has 3 aromatic rings. The van der Waals surface area contributed by atoms with E-state index in [0.717, 1.165) is 11.1 Å². The van der Waals surface area contributed by atoms with Gasteiger partial charge in [-0.2, -0.15) is 5.10 Å². The fourth-order valence-electron chi connectivity index (χ4n) is 3.33. The first-order valence-electron chi connectivity index (χ1n) is 9.92. The van der Waals surface area contributed by atoms with Crippen molar-refractivity contribution in [2.45, 2.75) is 26.3 Å². The highest BCUT2D eigenvalue weighted by Gasteiger charge is 2.20. The van der Waals surface area contributed by atoms with Gasteiger partial charge < -0.3 is 15.8 Å². The summed E-state index contributed by atoms with van der Waals surface area (Å²) in [6.45, 7) is 4.68. The molecule has 0 saturated carbocycles. The van der Waals surface area contributed by atoms with Crippen molar-refractivity contribution in [3.63, 3.8) is 0 Å². The molecular formula is C23H25ClN4O3. The molecule has 0 aliphatic heterocycles. The number of carbonyl (C=O) groups excluding carboxylic acids is 1. The maximum atomic E-state index is 13.1. The van der Waals surface area contributed by atoms with Crippen molar-refractivity contribution >= 4 is 23.2 Å². The summed E-state index contributed by atoms with van der Waals surface area (Å²) in [4.78, 5) is 25.6. The molecule has 1 amide bonds. The number of rotatable bonds is 7. The second kappa shape index (κ2) is 9.76. The molecule has 7 nitrogen and oxygen atoms in total. The van der Waals surface area contributed by atoms with E-state index in [9.17, 15) is 9.59 Å². The summed E-state index contributed by atoms with van der Waals surface area (Å²) in [5.41, 5.74) is 8.21. The van der Waals surface area contributed by atoms with Gasteiger partial charge in [0.25, 0.3) is 11.5 Å². The van der Waals surface area contributed by atoms with E-state index in [4.69, 9.17) is 22.1 Å². The average Bonchev–Trinajstić information content (AvgIpc) is 2.75. The van der Waals surface area contributed by atoms with Crippen LogP contribution in [-0.2, 0) is 6.54 Å². The number of anilines is 1. The number of hydrogen-bond donors (Lipinski definition) is 2. The molecule has 0 radical (unpaired) electrons. The summed E-state index contributed by atoms with van der Waals surface area (Å²) < 4.78 is 6.59. The Morgan fingerprint density at radius 3 is 2.65 bits per heavy atom. The zero-order chi connectivity index (χ0) is 22.5. The predicted molar refractivity (Wildman–Crippen MR) is 123 cm³/mol. The van der Waals surface area contributed by atoms with Crippen molar-refractivity contribution in [1.82, 2.24) is 9.78 Å². The minimum absolute atomic E-state index is 0.212. The summed E-state index contributed by atoms with van der Waals surface area (Å²) >= 11 is 6.07. The molecule has 162 valence electrons. The van der Waals surface area contributed by atoms with Gasteiger partial charge in [-0.25, -0.2) is 4.68 Å². The molecule has 0 unspecified atom stereocenters. The van der Waals surface area contributed by atoms with Crippen LogP contribution in [0.5, 0.6) is 5.75 Å². The molecular weight excluding hydrogens is 416 g/mol. The van der Waals surface area contributed by atoms with Gasteiger partial charge in [0.1, 0.15) is 11.4 Å². The minimum atomic E-state index is -0.458. The Morgan fingerprint density at radius 1 is 1.23 bits per heavy atom. The van der Waals surface area contributed by atoms with E-state index in [1.54, 1.807) is 12.1 Å². The van der Waals surface area contributed by atoms with Crippen molar-refractivity contribution in [1.29, 1.82) is 0 Å². The van der Waals surface area contributed by atoms with Gasteiger partial charge in [-0.1, -0.05) is 49.7 Å². The number of methoxy groups -OCH3 is 1. The highest BCUT2D eigenvalue weighted by Crippen LogP contribution is 2.32. The van der Waals surface area contributed by atoms with Gasteiger partial charge in [-0.15, -0.1) is 0 Å². The highest BCUT2D eigenvalue weighted by molar-refractivity contribution is 6.31. The third kappa shape index (κ3) is 4.95. The van der Waals surface area contributed by atoms with Crippen LogP contribution in [0.3, 0.4) is 0 Å². The number of nitrogens with two attached hydrogens (primary N) is 1. The maximum absolute atomic E-state index is 13.1. The lowest BCUT2D eigenvalue weighted by Gasteiger charge is -2.17. The smallest absolute Gasteiger partial charge is 0.268 e. The predicted octanol–water partition coefficient (Wildman–Crippen LogP) is 3.91. The second-order valence-electron chi connectivity index (χ2n) is 7.30. The molecule has 0 aliphatic carbocycles. The molecule has 0 saturated heterocycles. The highest BCUT2D eigenvalue weighted by atomic mass is 35.5. The number of amides is 1. The lowest BCUT2D eigenvalue weighted by molar-refractivity contribution is 0.102. The molecule has 1 heterocycles. The van der Waals surface area contributed by atoms with Crippen LogP contribution in [0, 0.1) is 0 Å². The molecule has 0 atom stereocenters. The number of aromatic nitrogens is 2. The number of ether oxygens (including phenoxy) is 1. The van der Waals surface area contributed by atoms with Gasteiger partial charge in [0.15, 0.2) is 0 Å². The second-order valence-corrected chi connectivity index (χ2v) is 7.73. The van der Waals surface area contributed by atoms with E-state index in [-0.39, 0.29) is 30.1 Å². The minimum Gasteiger partial charge on any atom is -0.496 e. The Bertz CT molecular complexity index is 1160. The van der Waals surface area contributed by atoms with Crippen LogP contribution in [0.4, 0.5) is 5.69 Å². The maximum Gasteiger partial charge on any atom is 0.268 e. The Hall–Kier alpha value is -3.16. The largest absolute Gasteiger partial charge is 0.496 e. The third-order valence-corrected chi connectivity index (χ3v) is 5.07. The summed E-state index contributed by atoms with van der Waals surface area (Å²) in [5, 5.41) is 7.75. The molecule has 31 heavy (non-hydrogen) atoms. The Labute approximate surface area is 185 Å². The number of hydrogen-bond acceptors (Lipinski definition) is 5. The first kappa shape index (κ1) is 22.5. The topological polar surface area (TPSA) is 99.2 Å². The molecule has 0 spiro atoms. The average molecular weight is 441 g/mol. The van der Waals surface area contributed by atoms with Crippen molar-refractivity contribution in [3.8, 4) is 17.0 Å². The summed E-state index contributed by atoms with van der Waals surface area (Å²) in [5.74, 6) is 0.125. The molecule has 2 aromatic carbocycles. The number of nitrogens with one attached hydrogen (secondary N) is 1. The Balaban J connectivity index is 2.15. The van der Waals surface area contributed by atoms with Gasteiger partial charge in [-0.05, 0) is 29.7 Å². The standard InChI is InChI=1S/C23H25ClN4O3/c1-14(2)16-6-4-5-7-17(16)22-19(13-21(29)28(27-22)11-10-25)26-23(30)18-12-15(24)8-9-20(18)31-3/h4-9,12-14H,10-11,25H2,1-3H3,(H,26,30). The third-order valence-electron chi connectivity index (χ3n) is 4.83. The summed E-state index contributed by atoms with van der Waals surface area (Å²) in [6, 6.07) is 13.9. The van der Waals surface area contributed by atoms with E-state index in [2.05, 4.69) is 24.3 Å². The molecule has 0 fully saturated rings. The molecule has 1 aromatic heterocycles. The van der Waals surface area contributed by atoms with E-state index < -0.39 is 5.91 Å². The van der Waals surface area contributed by atoms with Crippen LogP contribution in [0.2, 0.25) is 5.02 Å². The zero-order valence-electron chi connectivity index (χ0n) is 17.7.